The Morgan fingerprint density at radius 2 is 1.62 bits per heavy atom. The number of carbonyl (C=O) groups excluding carboxylic acids is 2. The maximum atomic E-state index is 12.6. The third-order valence-corrected chi connectivity index (χ3v) is 5.24. The van der Waals surface area contributed by atoms with Gasteiger partial charge in [-0.05, 0) is 43.5 Å². The van der Waals surface area contributed by atoms with Crippen LogP contribution in [0.2, 0.25) is 0 Å². The number of nitrogens with one attached hydrogen (secondary N) is 1. The molecule has 172 valence electrons. The zero-order valence-corrected chi connectivity index (χ0v) is 18.7. The van der Waals surface area contributed by atoms with Crippen molar-refractivity contribution >= 4 is 29.3 Å². The van der Waals surface area contributed by atoms with Gasteiger partial charge in [0.15, 0.2) is 11.5 Å². The number of benzene rings is 1. The average Bonchev–Trinajstić information content (AvgIpc) is 2.86. The summed E-state index contributed by atoms with van der Waals surface area (Å²) in [6.07, 6.45) is 3.33. The van der Waals surface area contributed by atoms with Crippen LogP contribution in [-0.2, 0) is 4.74 Å². The monoisotopic (exact) mass is 441 g/mol. The summed E-state index contributed by atoms with van der Waals surface area (Å²) in [5.41, 5.74) is 6.68. The summed E-state index contributed by atoms with van der Waals surface area (Å²) >= 11 is 0. The zero-order chi connectivity index (χ0) is 22.9. The van der Waals surface area contributed by atoms with Gasteiger partial charge in [-0.2, -0.15) is 4.98 Å². The Balaban J connectivity index is 0.00000141. The van der Waals surface area contributed by atoms with Gasteiger partial charge in [0.05, 0.1) is 13.2 Å². The molecule has 10 heteroatoms. The van der Waals surface area contributed by atoms with E-state index in [2.05, 4.69) is 25.4 Å². The third-order valence-electron chi connectivity index (χ3n) is 5.24. The molecule has 3 N–H and O–H groups in total. The second-order valence-corrected chi connectivity index (χ2v) is 7.33. The van der Waals surface area contributed by atoms with Gasteiger partial charge in [-0.25, -0.2) is 0 Å². The van der Waals surface area contributed by atoms with E-state index in [1.165, 1.54) is 6.42 Å². The van der Waals surface area contributed by atoms with E-state index in [1.807, 2.05) is 13.8 Å². The molecule has 0 aliphatic carbocycles. The molecule has 2 amide bonds. The smallest absolute Gasteiger partial charge is 0.273 e. The quantitative estimate of drug-likeness (QED) is 0.723. The van der Waals surface area contributed by atoms with Crippen molar-refractivity contribution in [2.45, 2.75) is 33.1 Å². The first-order valence-electron chi connectivity index (χ1n) is 11.2. The molecule has 1 aromatic carbocycles. The summed E-state index contributed by atoms with van der Waals surface area (Å²) in [7, 11) is 0. The lowest BCUT2D eigenvalue weighted by molar-refractivity contribution is 0.0303. The van der Waals surface area contributed by atoms with E-state index < -0.39 is 5.91 Å². The normalized spacial score (nSPS) is 16.1. The second kappa shape index (κ2) is 11.4. The minimum absolute atomic E-state index is 0.0239. The molecule has 1 aromatic heterocycles. The number of anilines is 3. The summed E-state index contributed by atoms with van der Waals surface area (Å²) in [6.45, 7) is 8.01. The summed E-state index contributed by atoms with van der Waals surface area (Å²) in [4.78, 5) is 32.7. The molecule has 4 rings (SSSR count). The first-order valence-corrected chi connectivity index (χ1v) is 11.2. The Morgan fingerprint density at radius 1 is 0.969 bits per heavy atom. The number of carbonyl (C=O) groups is 2. The minimum Gasteiger partial charge on any atom is -0.378 e. The predicted molar refractivity (Wildman–Crippen MR) is 122 cm³/mol. The molecule has 10 nitrogen and oxygen atoms in total. The lowest BCUT2D eigenvalue weighted by Gasteiger charge is -2.27. The molecule has 0 unspecified atom stereocenters. The molecule has 2 aliphatic heterocycles. The molecule has 0 bridgehead atoms. The van der Waals surface area contributed by atoms with Crippen LogP contribution in [0.3, 0.4) is 0 Å². The van der Waals surface area contributed by atoms with Gasteiger partial charge in [-0.15, -0.1) is 10.2 Å². The van der Waals surface area contributed by atoms with Crippen LogP contribution in [0.25, 0.3) is 0 Å². The first-order chi connectivity index (χ1) is 15.6. The van der Waals surface area contributed by atoms with Crippen LogP contribution < -0.4 is 16.0 Å². The van der Waals surface area contributed by atoms with E-state index >= 15 is 0 Å². The summed E-state index contributed by atoms with van der Waals surface area (Å²) in [5, 5.41) is 11.2. The Kier molecular flexibility index (Phi) is 8.32. The molecule has 32 heavy (non-hydrogen) atoms. The molecule has 3 heterocycles. The van der Waals surface area contributed by atoms with Crippen LogP contribution in [0.5, 0.6) is 0 Å². The van der Waals surface area contributed by atoms with Crippen LogP contribution in [0, 0.1) is 0 Å². The zero-order valence-electron chi connectivity index (χ0n) is 18.7. The molecule has 2 aromatic rings. The Morgan fingerprint density at radius 3 is 2.25 bits per heavy atom. The van der Waals surface area contributed by atoms with Crippen molar-refractivity contribution in [2.24, 2.45) is 5.73 Å². The lowest BCUT2D eigenvalue weighted by atomic mass is 10.1. The summed E-state index contributed by atoms with van der Waals surface area (Å²) in [5.74, 6) is -0.00721. The fourth-order valence-corrected chi connectivity index (χ4v) is 3.58. The van der Waals surface area contributed by atoms with Crippen LogP contribution in [0.4, 0.5) is 17.5 Å². The van der Waals surface area contributed by atoms with E-state index in [0.29, 0.717) is 43.5 Å². The largest absolute Gasteiger partial charge is 0.378 e. The molecule has 2 saturated heterocycles. The maximum absolute atomic E-state index is 12.6. The molecule has 0 saturated carbocycles. The van der Waals surface area contributed by atoms with Gasteiger partial charge < -0.3 is 25.6 Å². The molecular formula is C22H31N7O3. The standard InChI is InChI=1S/C20H25N7O3.C2H6/c21-17(28)16-18(23-20(25-24-16)27-8-2-1-3-9-27)22-15-6-4-14(5-7-15)19(29)26-10-12-30-13-11-26;1-2/h4-7H,1-3,8-13H2,(H2,21,28)(H,22,23,25);1-2H3. The van der Waals surface area contributed by atoms with Crippen molar-refractivity contribution in [1.82, 2.24) is 20.1 Å². The number of primary amides is 1. The highest BCUT2D eigenvalue weighted by Crippen LogP contribution is 2.22. The van der Waals surface area contributed by atoms with E-state index in [0.717, 1.165) is 25.9 Å². The number of nitrogens with two attached hydrogens (primary N) is 1. The van der Waals surface area contributed by atoms with Gasteiger partial charge in [0.25, 0.3) is 11.8 Å². The number of hydrogen-bond donors (Lipinski definition) is 2. The van der Waals surface area contributed by atoms with Gasteiger partial charge in [-0.1, -0.05) is 13.8 Å². The number of morpholine rings is 1. The highest BCUT2D eigenvalue weighted by molar-refractivity contribution is 5.97. The van der Waals surface area contributed by atoms with E-state index in [4.69, 9.17) is 10.5 Å². The Bertz CT molecular complexity index is 908. The number of piperidine rings is 1. The highest BCUT2D eigenvalue weighted by Gasteiger charge is 2.21. The molecule has 0 spiro atoms. The van der Waals surface area contributed by atoms with Crippen molar-refractivity contribution in [3.63, 3.8) is 0 Å². The van der Waals surface area contributed by atoms with Gasteiger partial charge in [-0.3, -0.25) is 9.59 Å². The molecule has 2 aliphatic rings. The second-order valence-electron chi connectivity index (χ2n) is 7.33. The lowest BCUT2D eigenvalue weighted by Crippen LogP contribution is -2.40. The van der Waals surface area contributed by atoms with Gasteiger partial charge in [0, 0.05) is 37.4 Å². The SMILES string of the molecule is CC.NC(=O)c1nnc(N2CCCCC2)nc1Nc1ccc(C(=O)N2CCOCC2)cc1. The number of aromatic nitrogens is 3. The van der Waals surface area contributed by atoms with Gasteiger partial charge in [0.2, 0.25) is 5.95 Å². The van der Waals surface area contributed by atoms with Gasteiger partial charge >= 0.3 is 0 Å². The highest BCUT2D eigenvalue weighted by atomic mass is 16.5. The minimum atomic E-state index is -0.707. The fraction of sp³-hybridized carbons (Fsp3) is 0.500. The Hall–Kier alpha value is -3.27. The maximum Gasteiger partial charge on any atom is 0.273 e. The van der Waals surface area contributed by atoms with Crippen LogP contribution in [-0.4, -0.2) is 71.3 Å². The third kappa shape index (κ3) is 5.70. The van der Waals surface area contributed by atoms with E-state index in [1.54, 1.807) is 29.2 Å². The van der Waals surface area contributed by atoms with Crippen molar-refractivity contribution in [3.8, 4) is 0 Å². The number of nitrogens with zero attached hydrogens (tertiary/aromatic N) is 5. The molecule has 0 radical (unpaired) electrons. The number of ether oxygens (including phenoxy) is 1. The van der Waals surface area contributed by atoms with Crippen LogP contribution >= 0.6 is 0 Å². The topological polar surface area (TPSA) is 127 Å². The predicted octanol–water partition coefficient (Wildman–Crippen LogP) is 2.20. The van der Waals surface area contributed by atoms with E-state index in [-0.39, 0.29) is 17.4 Å². The van der Waals surface area contributed by atoms with Crippen LogP contribution in [0.1, 0.15) is 54.0 Å². The molecular weight excluding hydrogens is 410 g/mol. The Labute approximate surface area is 188 Å². The van der Waals surface area contributed by atoms with Gasteiger partial charge in [0.1, 0.15) is 0 Å². The summed E-state index contributed by atoms with van der Waals surface area (Å²) < 4.78 is 5.29. The molecule has 0 atom stereocenters. The number of hydrogen-bond acceptors (Lipinski definition) is 8. The van der Waals surface area contributed by atoms with Crippen molar-refractivity contribution < 1.29 is 14.3 Å². The van der Waals surface area contributed by atoms with Crippen molar-refractivity contribution in [1.29, 1.82) is 0 Å². The number of rotatable bonds is 5. The number of amides is 2. The summed E-state index contributed by atoms with van der Waals surface area (Å²) in [6, 6.07) is 7.01. The fourth-order valence-electron chi connectivity index (χ4n) is 3.58. The first kappa shape index (κ1) is 23.4. The van der Waals surface area contributed by atoms with Crippen molar-refractivity contribution in [2.75, 3.05) is 49.6 Å². The van der Waals surface area contributed by atoms with Crippen molar-refractivity contribution in [3.05, 3.63) is 35.5 Å². The van der Waals surface area contributed by atoms with E-state index in [9.17, 15) is 9.59 Å². The average molecular weight is 442 g/mol. The molecule has 2 fully saturated rings. The van der Waals surface area contributed by atoms with Crippen LogP contribution in [0.15, 0.2) is 24.3 Å².